The van der Waals surface area contributed by atoms with Crippen LogP contribution in [0.1, 0.15) is 80.4 Å². The van der Waals surface area contributed by atoms with Crippen LogP contribution in [0.5, 0.6) is 11.5 Å². The quantitative estimate of drug-likeness (QED) is 0.590. The van der Waals surface area contributed by atoms with Crippen LogP contribution in [0.2, 0.25) is 0 Å². The molecule has 2 N–H and O–H groups in total. The molecule has 1 aliphatic carbocycles. The van der Waals surface area contributed by atoms with Crippen molar-refractivity contribution in [3.8, 4) is 11.5 Å². The molecule has 4 nitrogen and oxygen atoms in total. The van der Waals surface area contributed by atoms with Crippen LogP contribution >= 0.6 is 0 Å². The lowest BCUT2D eigenvalue weighted by Crippen LogP contribution is -2.45. The predicted octanol–water partition coefficient (Wildman–Crippen LogP) is 2.79. The molecule has 1 aromatic rings. The summed E-state index contributed by atoms with van der Waals surface area (Å²) in [5.41, 5.74) is -0.230. The second kappa shape index (κ2) is 5.27. The van der Waals surface area contributed by atoms with E-state index in [9.17, 15) is 10.2 Å². The van der Waals surface area contributed by atoms with Crippen molar-refractivity contribution in [2.24, 2.45) is 5.41 Å². The second-order valence-electron chi connectivity index (χ2n) is 10.7. The number of fused-ring (bicyclic) bond motifs is 1. The molecule has 0 unspecified atom stereocenters. The second-order valence-corrected chi connectivity index (χ2v) is 10.7. The third-order valence-electron chi connectivity index (χ3n) is 8.39. The summed E-state index contributed by atoms with van der Waals surface area (Å²) in [6.45, 7) is 20.5. The Labute approximate surface area is 165 Å². The summed E-state index contributed by atoms with van der Waals surface area (Å²) in [4.78, 5) is 0. The van der Waals surface area contributed by atoms with Crippen LogP contribution in [-0.2, 0) is 20.1 Å². The van der Waals surface area contributed by atoms with Crippen molar-refractivity contribution in [2.45, 2.75) is 91.3 Å². The van der Waals surface area contributed by atoms with Gasteiger partial charge in [-0.05, 0) is 43.9 Å². The molecular weight excluding hydrogens is 338 g/mol. The molecule has 0 bridgehead atoms. The molecule has 0 saturated carbocycles. The van der Waals surface area contributed by atoms with Crippen LogP contribution in [0.15, 0.2) is 0 Å². The van der Waals surface area contributed by atoms with Crippen LogP contribution in [-0.4, -0.2) is 36.4 Å². The Kier molecular flexibility index (Phi) is 4.02. The van der Waals surface area contributed by atoms with Gasteiger partial charge < -0.3 is 19.5 Å². The zero-order chi connectivity index (χ0) is 21.0. The summed E-state index contributed by atoms with van der Waals surface area (Å²) >= 11 is 0. The van der Waals surface area contributed by atoms with E-state index >= 15 is 0 Å². The van der Waals surface area contributed by atoms with E-state index in [-0.39, 0.29) is 33.2 Å². The van der Waals surface area contributed by atoms with Gasteiger partial charge in [0.2, 0.25) is 0 Å². The molecule has 3 rings (SSSR count). The summed E-state index contributed by atoms with van der Waals surface area (Å²) in [6.07, 6.45) is 0. The lowest BCUT2D eigenvalue weighted by molar-refractivity contribution is 0.00578. The van der Waals surface area contributed by atoms with Crippen LogP contribution < -0.4 is 10.9 Å². The van der Waals surface area contributed by atoms with Gasteiger partial charge >= 0.3 is 7.12 Å². The van der Waals surface area contributed by atoms with Gasteiger partial charge in [-0.3, -0.25) is 0 Å². The molecule has 1 heterocycles. The Bertz CT molecular complexity index is 806. The number of rotatable bonds is 1. The minimum Gasteiger partial charge on any atom is -0.508 e. The zero-order valence-electron chi connectivity index (χ0n) is 18.4. The maximum atomic E-state index is 11.4. The van der Waals surface area contributed by atoms with E-state index in [1.54, 1.807) is 0 Å². The molecule has 2 radical (unpaired) electrons. The van der Waals surface area contributed by atoms with Crippen LogP contribution in [0.4, 0.5) is 0 Å². The highest BCUT2D eigenvalue weighted by Gasteiger charge is 2.61. The lowest BCUT2D eigenvalue weighted by atomic mass is 9.59. The van der Waals surface area contributed by atoms with Gasteiger partial charge in [0.1, 0.15) is 19.3 Å². The van der Waals surface area contributed by atoms with Crippen molar-refractivity contribution in [1.29, 1.82) is 0 Å². The number of phenols is 2. The lowest BCUT2D eigenvalue weighted by Gasteiger charge is -2.44. The van der Waals surface area contributed by atoms with Gasteiger partial charge in [-0.2, -0.15) is 0 Å². The van der Waals surface area contributed by atoms with E-state index in [4.69, 9.17) is 17.2 Å². The van der Waals surface area contributed by atoms with Gasteiger partial charge in [0, 0.05) is 16.6 Å². The zero-order valence-corrected chi connectivity index (χ0v) is 18.4. The maximum absolute atomic E-state index is 11.4. The Morgan fingerprint density at radius 1 is 0.704 bits per heavy atom. The number of phenolic OH excluding ortho intramolecular Hbond substituents is 2. The molecule has 6 heteroatoms. The SMILES string of the molecule is [B]c1c(O)c2c(c(O)c1B1OC(C)(C)C(C)(C)O1)C(C)(C)C(C)(C)C2(C)C. The normalized spacial score (nSPS) is 26.2. The number of benzene rings is 1. The Hall–Kier alpha value is -1.13. The molecule has 27 heavy (non-hydrogen) atoms. The number of hydrogen-bond acceptors (Lipinski definition) is 4. The Morgan fingerprint density at radius 2 is 1.07 bits per heavy atom. The first-order chi connectivity index (χ1) is 11.9. The van der Waals surface area contributed by atoms with E-state index in [1.165, 1.54) is 0 Å². The Morgan fingerprint density at radius 3 is 1.48 bits per heavy atom. The molecule has 2 aliphatic rings. The standard InChI is InChI=1S/C21H32B2O4/c1-17(2)11-12(18(3,4)19(17,5)6)16(25)14(13(22)15(11)24)23-26-20(7,8)21(9,10)27-23/h24-25H,1-10H3. The van der Waals surface area contributed by atoms with Crippen LogP contribution in [0.3, 0.4) is 0 Å². The highest BCUT2D eigenvalue weighted by atomic mass is 16.7. The molecule has 0 spiro atoms. The van der Waals surface area contributed by atoms with Gasteiger partial charge in [0.25, 0.3) is 0 Å². The Balaban J connectivity index is 2.31. The van der Waals surface area contributed by atoms with E-state index < -0.39 is 18.3 Å². The molecule has 1 fully saturated rings. The predicted molar refractivity (Wildman–Crippen MR) is 111 cm³/mol. The van der Waals surface area contributed by atoms with Crippen molar-refractivity contribution in [3.05, 3.63) is 11.1 Å². The summed E-state index contributed by atoms with van der Waals surface area (Å²) in [5.74, 6) is 0.0959. The minimum atomic E-state index is -0.839. The number of hydrogen-bond donors (Lipinski definition) is 2. The summed E-state index contributed by atoms with van der Waals surface area (Å²) in [7, 11) is 5.50. The molecule has 1 aromatic carbocycles. The molecule has 0 atom stereocenters. The fourth-order valence-corrected chi connectivity index (χ4v) is 4.58. The summed E-state index contributed by atoms with van der Waals surface area (Å²) < 4.78 is 12.3. The molecule has 1 aliphatic heterocycles. The van der Waals surface area contributed by atoms with Crippen LogP contribution in [0.25, 0.3) is 0 Å². The molecular formula is C21H32B2O4. The highest BCUT2D eigenvalue weighted by Crippen LogP contribution is 2.64. The van der Waals surface area contributed by atoms with Crippen molar-refractivity contribution in [3.63, 3.8) is 0 Å². The third-order valence-corrected chi connectivity index (χ3v) is 8.39. The van der Waals surface area contributed by atoms with Crippen molar-refractivity contribution in [2.75, 3.05) is 0 Å². The third kappa shape index (κ3) is 2.26. The summed E-state index contributed by atoms with van der Waals surface area (Å²) in [6, 6.07) is 0. The van der Waals surface area contributed by atoms with Crippen molar-refractivity contribution < 1.29 is 19.5 Å². The largest absolute Gasteiger partial charge is 0.508 e. The average molecular weight is 370 g/mol. The van der Waals surface area contributed by atoms with Gasteiger partial charge in [-0.15, -0.1) is 0 Å². The highest BCUT2D eigenvalue weighted by molar-refractivity contribution is 6.69. The first-order valence-corrected chi connectivity index (χ1v) is 9.65. The van der Waals surface area contributed by atoms with E-state index in [2.05, 4.69) is 41.5 Å². The minimum absolute atomic E-state index is 0.0242. The first kappa shape index (κ1) is 20.6. The fraction of sp³-hybridized carbons (Fsp3) is 0.714. The van der Waals surface area contributed by atoms with Gasteiger partial charge in [0.15, 0.2) is 0 Å². The maximum Gasteiger partial charge on any atom is 0.498 e. The number of aromatic hydroxyl groups is 2. The van der Waals surface area contributed by atoms with Crippen molar-refractivity contribution >= 4 is 25.9 Å². The fourth-order valence-electron chi connectivity index (χ4n) is 4.58. The molecule has 146 valence electrons. The molecule has 0 aromatic heterocycles. The van der Waals surface area contributed by atoms with Gasteiger partial charge in [0.05, 0.1) is 11.2 Å². The topological polar surface area (TPSA) is 58.9 Å². The van der Waals surface area contributed by atoms with E-state index in [0.29, 0.717) is 11.0 Å². The van der Waals surface area contributed by atoms with Crippen molar-refractivity contribution in [1.82, 2.24) is 0 Å². The average Bonchev–Trinajstić information content (AvgIpc) is 2.75. The summed E-state index contributed by atoms with van der Waals surface area (Å²) in [5, 5.41) is 22.5. The van der Waals surface area contributed by atoms with Gasteiger partial charge in [-0.1, -0.05) is 47.0 Å². The van der Waals surface area contributed by atoms with Gasteiger partial charge in [-0.25, -0.2) is 0 Å². The van der Waals surface area contributed by atoms with E-state index in [0.717, 1.165) is 5.56 Å². The molecule has 1 saturated heterocycles. The van der Waals surface area contributed by atoms with E-state index in [1.807, 2.05) is 27.7 Å². The van der Waals surface area contributed by atoms with Crippen LogP contribution in [0, 0.1) is 5.41 Å². The molecule has 0 amide bonds. The first-order valence-electron chi connectivity index (χ1n) is 9.65. The smallest absolute Gasteiger partial charge is 0.498 e. The monoisotopic (exact) mass is 370 g/mol.